The summed E-state index contributed by atoms with van der Waals surface area (Å²) in [6.07, 6.45) is 0.124. The number of esters is 1. The number of hydrogen-bond acceptors (Lipinski definition) is 4. The molecule has 0 aromatic heterocycles. The van der Waals surface area contributed by atoms with E-state index in [1.807, 2.05) is 6.07 Å². The first-order chi connectivity index (χ1) is 8.56. The zero-order chi connectivity index (χ0) is 13.5. The summed E-state index contributed by atoms with van der Waals surface area (Å²) in [4.78, 5) is 22.8. The Kier molecular flexibility index (Phi) is 4.88. The van der Waals surface area contributed by atoms with Gasteiger partial charge in [-0.3, -0.25) is 9.59 Å². The lowest BCUT2D eigenvalue weighted by Gasteiger charge is -2.12. The highest BCUT2D eigenvalue weighted by Gasteiger charge is 2.13. The highest BCUT2D eigenvalue weighted by atomic mass is 16.5. The molecule has 5 nitrogen and oxygen atoms in total. The standard InChI is InChI=1S/C13H14N2O3/c1-9(7-12(16)18-2)15-13(17)11-5-3-10(8-14)4-6-11/h3-6,9H,7H2,1-2H3,(H,15,17). The van der Waals surface area contributed by atoms with Crippen molar-refractivity contribution in [1.82, 2.24) is 5.32 Å². The van der Waals surface area contributed by atoms with Crippen LogP contribution in [0.5, 0.6) is 0 Å². The molecular formula is C13H14N2O3. The first-order valence-electron chi connectivity index (χ1n) is 5.44. The lowest BCUT2D eigenvalue weighted by atomic mass is 10.1. The summed E-state index contributed by atoms with van der Waals surface area (Å²) in [5.41, 5.74) is 0.944. The van der Waals surface area contributed by atoms with Gasteiger partial charge in [-0.05, 0) is 31.2 Å². The Morgan fingerprint density at radius 1 is 1.39 bits per heavy atom. The average molecular weight is 246 g/mol. The van der Waals surface area contributed by atoms with Gasteiger partial charge in [-0.25, -0.2) is 0 Å². The Hall–Kier alpha value is -2.35. The fourth-order valence-corrected chi connectivity index (χ4v) is 1.39. The maximum absolute atomic E-state index is 11.8. The van der Waals surface area contributed by atoms with Crippen molar-refractivity contribution >= 4 is 11.9 Å². The largest absolute Gasteiger partial charge is 0.469 e. The van der Waals surface area contributed by atoms with Gasteiger partial charge in [-0.1, -0.05) is 0 Å². The lowest BCUT2D eigenvalue weighted by molar-refractivity contribution is -0.141. The van der Waals surface area contributed by atoms with E-state index in [2.05, 4.69) is 10.1 Å². The fourth-order valence-electron chi connectivity index (χ4n) is 1.39. The SMILES string of the molecule is COC(=O)CC(C)NC(=O)c1ccc(C#N)cc1. The summed E-state index contributed by atoms with van der Waals surface area (Å²) in [5, 5.41) is 11.3. The zero-order valence-corrected chi connectivity index (χ0v) is 10.3. The molecule has 0 radical (unpaired) electrons. The van der Waals surface area contributed by atoms with Crippen molar-refractivity contribution in [2.45, 2.75) is 19.4 Å². The van der Waals surface area contributed by atoms with Crippen LogP contribution in [-0.4, -0.2) is 25.0 Å². The number of nitriles is 1. The molecule has 0 aliphatic heterocycles. The molecule has 0 aliphatic rings. The predicted molar refractivity (Wildman–Crippen MR) is 64.7 cm³/mol. The summed E-state index contributed by atoms with van der Waals surface area (Å²) < 4.78 is 4.51. The third-order valence-corrected chi connectivity index (χ3v) is 2.35. The molecule has 94 valence electrons. The number of rotatable bonds is 4. The van der Waals surface area contributed by atoms with Crippen LogP contribution in [0, 0.1) is 11.3 Å². The van der Waals surface area contributed by atoms with Crippen molar-refractivity contribution in [1.29, 1.82) is 5.26 Å². The molecular weight excluding hydrogens is 232 g/mol. The van der Waals surface area contributed by atoms with Crippen LogP contribution < -0.4 is 5.32 Å². The Morgan fingerprint density at radius 3 is 2.50 bits per heavy atom. The Bertz CT molecular complexity index is 474. The number of methoxy groups -OCH3 is 1. The smallest absolute Gasteiger partial charge is 0.307 e. The maximum atomic E-state index is 11.8. The second kappa shape index (κ2) is 6.40. The molecule has 1 aromatic carbocycles. The van der Waals surface area contributed by atoms with Gasteiger partial charge in [0.1, 0.15) is 0 Å². The van der Waals surface area contributed by atoms with E-state index in [0.717, 1.165) is 0 Å². The van der Waals surface area contributed by atoms with Crippen LogP contribution in [0.2, 0.25) is 0 Å². The van der Waals surface area contributed by atoms with Crippen molar-refractivity contribution in [3.05, 3.63) is 35.4 Å². The van der Waals surface area contributed by atoms with Gasteiger partial charge in [0.2, 0.25) is 0 Å². The van der Waals surface area contributed by atoms with E-state index < -0.39 is 0 Å². The van der Waals surface area contributed by atoms with E-state index in [1.54, 1.807) is 31.2 Å². The summed E-state index contributed by atoms with van der Waals surface area (Å²) >= 11 is 0. The normalized spacial score (nSPS) is 11.2. The zero-order valence-electron chi connectivity index (χ0n) is 10.3. The van der Waals surface area contributed by atoms with Crippen LogP contribution in [0.1, 0.15) is 29.3 Å². The maximum Gasteiger partial charge on any atom is 0.307 e. The van der Waals surface area contributed by atoms with Gasteiger partial charge in [-0.15, -0.1) is 0 Å². The van der Waals surface area contributed by atoms with E-state index in [9.17, 15) is 9.59 Å². The van der Waals surface area contributed by atoms with Gasteiger partial charge >= 0.3 is 5.97 Å². The second-order valence-corrected chi connectivity index (χ2v) is 3.84. The molecule has 0 bridgehead atoms. The minimum Gasteiger partial charge on any atom is -0.469 e. The Balaban J connectivity index is 2.59. The summed E-state index contributed by atoms with van der Waals surface area (Å²) in [6, 6.07) is 7.94. The monoisotopic (exact) mass is 246 g/mol. The second-order valence-electron chi connectivity index (χ2n) is 3.84. The number of amides is 1. The number of carbonyl (C=O) groups excluding carboxylic acids is 2. The van der Waals surface area contributed by atoms with Gasteiger partial charge in [-0.2, -0.15) is 5.26 Å². The minimum atomic E-state index is -0.373. The summed E-state index contributed by atoms with van der Waals surface area (Å²) in [7, 11) is 1.30. The molecule has 1 unspecified atom stereocenters. The Morgan fingerprint density at radius 2 is 2.00 bits per heavy atom. The molecule has 18 heavy (non-hydrogen) atoms. The molecule has 1 N–H and O–H groups in total. The average Bonchev–Trinajstić information content (AvgIpc) is 2.38. The van der Waals surface area contributed by atoms with Gasteiger partial charge in [0.15, 0.2) is 0 Å². The third kappa shape index (κ3) is 3.91. The first-order valence-corrected chi connectivity index (χ1v) is 5.44. The van der Waals surface area contributed by atoms with Crippen molar-refractivity contribution in [3.8, 4) is 6.07 Å². The van der Waals surface area contributed by atoms with E-state index in [4.69, 9.17) is 5.26 Å². The van der Waals surface area contributed by atoms with Gasteiger partial charge in [0.25, 0.3) is 5.91 Å². The van der Waals surface area contributed by atoms with Crippen LogP contribution in [0.25, 0.3) is 0 Å². The van der Waals surface area contributed by atoms with Crippen molar-refractivity contribution < 1.29 is 14.3 Å². The number of nitrogens with zero attached hydrogens (tertiary/aromatic N) is 1. The molecule has 1 aromatic rings. The first kappa shape index (κ1) is 13.7. The van der Waals surface area contributed by atoms with E-state index >= 15 is 0 Å². The molecule has 0 heterocycles. The Labute approximate surface area is 105 Å². The van der Waals surface area contributed by atoms with Crippen LogP contribution in [0.4, 0.5) is 0 Å². The van der Waals surface area contributed by atoms with Crippen LogP contribution >= 0.6 is 0 Å². The van der Waals surface area contributed by atoms with Crippen LogP contribution in [0.3, 0.4) is 0 Å². The number of nitrogens with one attached hydrogen (secondary N) is 1. The number of ether oxygens (including phenoxy) is 1. The van der Waals surface area contributed by atoms with Crippen molar-refractivity contribution in [3.63, 3.8) is 0 Å². The van der Waals surface area contributed by atoms with E-state index in [1.165, 1.54) is 7.11 Å². The quantitative estimate of drug-likeness (QED) is 0.810. The van der Waals surface area contributed by atoms with Crippen molar-refractivity contribution in [2.24, 2.45) is 0 Å². The molecule has 1 atom stereocenters. The molecule has 0 fully saturated rings. The van der Waals surface area contributed by atoms with E-state index in [0.29, 0.717) is 11.1 Å². The topological polar surface area (TPSA) is 79.2 Å². The highest BCUT2D eigenvalue weighted by Crippen LogP contribution is 2.04. The summed E-state index contributed by atoms with van der Waals surface area (Å²) in [5.74, 6) is -0.654. The number of benzene rings is 1. The molecule has 0 aliphatic carbocycles. The molecule has 1 rings (SSSR count). The molecule has 0 saturated heterocycles. The fraction of sp³-hybridized carbons (Fsp3) is 0.308. The van der Waals surface area contributed by atoms with Crippen LogP contribution in [0.15, 0.2) is 24.3 Å². The van der Waals surface area contributed by atoms with Gasteiger partial charge in [0, 0.05) is 11.6 Å². The third-order valence-electron chi connectivity index (χ3n) is 2.35. The molecule has 0 spiro atoms. The summed E-state index contributed by atoms with van der Waals surface area (Å²) in [6.45, 7) is 1.72. The molecule has 5 heteroatoms. The number of carbonyl (C=O) groups is 2. The van der Waals surface area contributed by atoms with Crippen molar-refractivity contribution in [2.75, 3.05) is 7.11 Å². The molecule has 0 saturated carbocycles. The molecule has 1 amide bonds. The lowest BCUT2D eigenvalue weighted by Crippen LogP contribution is -2.34. The van der Waals surface area contributed by atoms with Crippen LogP contribution in [-0.2, 0) is 9.53 Å². The van der Waals surface area contributed by atoms with Gasteiger partial charge < -0.3 is 10.1 Å². The van der Waals surface area contributed by atoms with E-state index in [-0.39, 0.29) is 24.3 Å². The highest BCUT2D eigenvalue weighted by molar-refractivity contribution is 5.94. The predicted octanol–water partition coefficient (Wildman–Crippen LogP) is 1.24. The number of hydrogen-bond donors (Lipinski definition) is 1. The van der Waals surface area contributed by atoms with Gasteiger partial charge in [0.05, 0.1) is 25.2 Å². The minimum absolute atomic E-state index is 0.124.